The Morgan fingerprint density at radius 1 is 1.14 bits per heavy atom. The van der Waals surface area contributed by atoms with Crippen LogP contribution in [0.25, 0.3) is 0 Å². The van der Waals surface area contributed by atoms with Crippen molar-refractivity contribution in [1.82, 2.24) is 4.90 Å². The average Bonchev–Trinajstić information content (AvgIpc) is 3.17. The summed E-state index contributed by atoms with van der Waals surface area (Å²) < 4.78 is 0. The zero-order chi connectivity index (χ0) is 20.3. The summed E-state index contributed by atoms with van der Waals surface area (Å²) >= 11 is 0. The summed E-state index contributed by atoms with van der Waals surface area (Å²) in [6, 6.07) is 17.0. The van der Waals surface area contributed by atoms with Crippen LogP contribution in [-0.4, -0.2) is 41.1 Å². The molecule has 1 fully saturated rings. The predicted octanol–water partition coefficient (Wildman–Crippen LogP) is 3.64. The number of oxime groups is 1. The first-order valence-corrected chi connectivity index (χ1v) is 10.1. The van der Waals surface area contributed by atoms with E-state index in [1.54, 1.807) is 0 Å². The highest BCUT2D eigenvalue weighted by atomic mass is 16.7. The Morgan fingerprint density at radius 2 is 1.90 bits per heavy atom. The number of amides is 2. The monoisotopic (exact) mass is 391 g/mol. The molecule has 2 aliphatic heterocycles. The minimum atomic E-state index is -0.610. The number of anilines is 1. The van der Waals surface area contributed by atoms with Gasteiger partial charge in [0.1, 0.15) is 5.71 Å². The first kappa shape index (κ1) is 19.2. The molecule has 6 heteroatoms. The molecule has 1 N–H and O–H groups in total. The van der Waals surface area contributed by atoms with Crippen LogP contribution in [0.1, 0.15) is 42.1 Å². The lowest BCUT2D eigenvalue weighted by atomic mass is 9.87. The van der Waals surface area contributed by atoms with Crippen LogP contribution in [0.3, 0.4) is 0 Å². The topological polar surface area (TPSA) is 71.0 Å². The molecule has 0 radical (unpaired) electrons. The molecule has 1 saturated heterocycles. The van der Waals surface area contributed by atoms with Crippen molar-refractivity contribution in [3.05, 3.63) is 65.7 Å². The second kappa shape index (κ2) is 8.07. The van der Waals surface area contributed by atoms with Gasteiger partial charge in [-0.15, -0.1) is 0 Å². The molecule has 2 aliphatic rings. The number of aryl methyl sites for hydroxylation is 1. The van der Waals surface area contributed by atoms with E-state index >= 15 is 0 Å². The zero-order valence-electron chi connectivity index (χ0n) is 16.6. The molecule has 0 aliphatic carbocycles. The van der Waals surface area contributed by atoms with Gasteiger partial charge in [-0.1, -0.05) is 42.4 Å². The lowest BCUT2D eigenvalue weighted by molar-refractivity contribution is -0.110. The third-order valence-corrected chi connectivity index (χ3v) is 5.57. The number of nitrogens with zero attached hydrogens (tertiary/aromatic N) is 2. The second-order valence-electron chi connectivity index (χ2n) is 7.69. The molecule has 150 valence electrons. The lowest BCUT2D eigenvalue weighted by Crippen LogP contribution is -2.50. The lowest BCUT2D eigenvalue weighted by Gasteiger charge is -2.38. The van der Waals surface area contributed by atoms with Gasteiger partial charge in [0.2, 0.25) is 0 Å². The molecule has 0 aromatic heterocycles. The highest BCUT2D eigenvalue weighted by Crippen LogP contribution is 2.34. The minimum Gasteiger partial charge on any atom is -0.386 e. The number of piperidine rings is 1. The van der Waals surface area contributed by atoms with Gasteiger partial charge >= 0.3 is 0 Å². The number of hydrogen-bond donors (Lipinski definition) is 1. The Balaban J connectivity index is 1.40. The fraction of sp³-hybridized carbons (Fsp3) is 0.348. The largest absolute Gasteiger partial charge is 0.386 e. The maximum Gasteiger partial charge on any atom is 0.273 e. The fourth-order valence-electron chi connectivity index (χ4n) is 3.92. The van der Waals surface area contributed by atoms with Crippen molar-refractivity contribution in [1.29, 1.82) is 0 Å². The summed E-state index contributed by atoms with van der Waals surface area (Å²) in [5, 5.41) is 6.91. The zero-order valence-corrected chi connectivity index (χ0v) is 16.6. The average molecular weight is 391 g/mol. The van der Waals surface area contributed by atoms with Crippen LogP contribution < -0.4 is 5.32 Å². The molecule has 29 heavy (non-hydrogen) atoms. The van der Waals surface area contributed by atoms with E-state index in [1.165, 1.54) is 5.56 Å². The molecule has 1 atom stereocenters. The third kappa shape index (κ3) is 4.16. The van der Waals surface area contributed by atoms with E-state index in [2.05, 4.69) is 17.4 Å². The van der Waals surface area contributed by atoms with Crippen LogP contribution in [0.15, 0.2) is 59.8 Å². The van der Waals surface area contributed by atoms with E-state index < -0.39 is 5.60 Å². The molecule has 2 aromatic rings. The van der Waals surface area contributed by atoms with Gasteiger partial charge in [-0.25, -0.2) is 0 Å². The van der Waals surface area contributed by atoms with Crippen LogP contribution >= 0.6 is 0 Å². The summed E-state index contributed by atoms with van der Waals surface area (Å²) in [7, 11) is 0. The molecule has 2 aromatic carbocycles. The normalized spacial score (nSPS) is 20.9. The van der Waals surface area contributed by atoms with Crippen LogP contribution in [-0.2, 0) is 16.1 Å². The van der Waals surface area contributed by atoms with Crippen molar-refractivity contribution in [2.24, 2.45) is 5.16 Å². The van der Waals surface area contributed by atoms with Crippen LogP contribution in [0.5, 0.6) is 0 Å². The Bertz CT molecular complexity index is 924. The van der Waals surface area contributed by atoms with E-state index in [0.29, 0.717) is 30.8 Å². The van der Waals surface area contributed by atoms with Gasteiger partial charge in [-0.2, -0.15) is 0 Å². The molecule has 1 spiro atoms. The van der Waals surface area contributed by atoms with Gasteiger partial charge in [0, 0.05) is 24.2 Å². The molecule has 0 bridgehead atoms. The summed E-state index contributed by atoms with van der Waals surface area (Å²) in [5.74, 6) is -0.260. The molecule has 1 unspecified atom stereocenters. The standard InChI is InChI=1S/C23H25N3O3/c1-2-17-9-11-18(12-10-17)22(28)26-14-6-13-23(16-26)15-20(25-29-23)21(27)24-19-7-4-3-5-8-19/h3-5,7-12H,2,6,13-16H2,1H3,(H,24,27). The van der Waals surface area contributed by atoms with Gasteiger partial charge in [-0.05, 0) is 49.1 Å². The fourth-order valence-corrected chi connectivity index (χ4v) is 3.92. The summed E-state index contributed by atoms with van der Waals surface area (Å²) in [6.45, 7) is 3.21. The van der Waals surface area contributed by atoms with Crippen molar-refractivity contribution in [2.75, 3.05) is 18.4 Å². The van der Waals surface area contributed by atoms with Crippen molar-refractivity contribution < 1.29 is 14.4 Å². The quantitative estimate of drug-likeness (QED) is 0.865. The number of para-hydroxylation sites is 1. The SMILES string of the molecule is CCc1ccc(C(=O)N2CCCC3(CC(C(=O)Nc4ccccc4)=NO3)C2)cc1. The highest BCUT2D eigenvalue weighted by molar-refractivity contribution is 6.43. The molecule has 4 rings (SSSR count). The van der Waals surface area contributed by atoms with Gasteiger partial charge < -0.3 is 15.1 Å². The molecular formula is C23H25N3O3. The Morgan fingerprint density at radius 3 is 2.62 bits per heavy atom. The summed E-state index contributed by atoms with van der Waals surface area (Å²) in [4.78, 5) is 33.0. The number of nitrogens with one attached hydrogen (secondary N) is 1. The Kier molecular flexibility index (Phi) is 5.34. The Labute approximate surface area is 170 Å². The number of carbonyl (C=O) groups is 2. The van der Waals surface area contributed by atoms with Gasteiger partial charge in [0.15, 0.2) is 5.60 Å². The maximum absolute atomic E-state index is 12.9. The van der Waals surface area contributed by atoms with Crippen LogP contribution in [0.2, 0.25) is 0 Å². The number of benzene rings is 2. The van der Waals surface area contributed by atoms with E-state index in [1.807, 2.05) is 59.5 Å². The van der Waals surface area contributed by atoms with Crippen LogP contribution in [0.4, 0.5) is 5.69 Å². The number of rotatable bonds is 4. The predicted molar refractivity (Wildman–Crippen MR) is 112 cm³/mol. The van der Waals surface area contributed by atoms with Crippen molar-refractivity contribution in [3.63, 3.8) is 0 Å². The van der Waals surface area contributed by atoms with E-state index in [0.717, 1.165) is 24.9 Å². The van der Waals surface area contributed by atoms with Crippen LogP contribution in [0, 0.1) is 0 Å². The number of hydrogen-bond acceptors (Lipinski definition) is 4. The van der Waals surface area contributed by atoms with Crippen molar-refractivity contribution in [2.45, 2.75) is 38.2 Å². The number of carbonyl (C=O) groups excluding carboxylic acids is 2. The van der Waals surface area contributed by atoms with Gasteiger partial charge in [0.25, 0.3) is 11.8 Å². The maximum atomic E-state index is 12.9. The molecule has 2 amide bonds. The summed E-state index contributed by atoms with van der Waals surface area (Å²) in [5.41, 5.74) is 2.37. The van der Waals surface area contributed by atoms with E-state index in [4.69, 9.17) is 4.84 Å². The van der Waals surface area contributed by atoms with Gasteiger partial charge in [-0.3, -0.25) is 9.59 Å². The second-order valence-corrected chi connectivity index (χ2v) is 7.69. The van der Waals surface area contributed by atoms with Gasteiger partial charge in [0.05, 0.1) is 6.54 Å². The van der Waals surface area contributed by atoms with Crippen molar-refractivity contribution >= 4 is 23.2 Å². The first-order valence-electron chi connectivity index (χ1n) is 10.1. The Hall–Kier alpha value is -3.15. The highest BCUT2D eigenvalue weighted by Gasteiger charge is 2.45. The minimum absolute atomic E-state index is 0.00230. The summed E-state index contributed by atoms with van der Waals surface area (Å²) in [6.07, 6.45) is 2.95. The van der Waals surface area contributed by atoms with E-state index in [9.17, 15) is 9.59 Å². The smallest absolute Gasteiger partial charge is 0.273 e. The molecule has 2 heterocycles. The van der Waals surface area contributed by atoms with Crippen molar-refractivity contribution in [3.8, 4) is 0 Å². The third-order valence-electron chi connectivity index (χ3n) is 5.57. The number of likely N-dealkylation sites (tertiary alicyclic amines) is 1. The molecular weight excluding hydrogens is 366 g/mol. The molecule has 0 saturated carbocycles. The van der Waals surface area contributed by atoms with E-state index in [-0.39, 0.29) is 11.8 Å². The molecule has 6 nitrogen and oxygen atoms in total. The first-order chi connectivity index (χ1) is 14.1.